The number of nitrogens with one attached hydrogen (secondary N) is 1. The fraction of sp³-hybridized carbons (Fsp3) is 0.750. The van der Waals surface area contributed by atoms with E-state index in [0.717, 1.165) is 18.2 Å². The van der Waals surface area contributed by atoms with E-state index in [1.165, 1.54) is 17.8 Å². The molecule has 0 amide bonds. The van der Waals surface area contributed by atoms with Crippen LogP contribution in [0.3, 0.4) is 0 Å². The van der Waals surface area contributed by atoms with Gasteiger partial charge in [0.2, 0.25) is 0 Å². The topological polar surface area (TPSA) is 37.9 Å². The molecule has 0 saturated heterocycles. The molecule has 84 valence electrons. The number of H-pyrrole nitrogens is 1. The minimum Gasteiger partial charge on any atom is -0.374 e. The molecule has 3 atom stereocenters. The summed E-state index contributed by atoms with van der Waals surface area (Å²) in [6, 6.07) is 0. The Morgan fingerprint density at radius 2 is 2.20 bits per heavy atom. The summed E-state index contributed by atoms with van der Waals surface area (Å²) in [4.78, 5) is 8.07. The quantitative estimate of drug-likeness (QED) is 0.811. The van der Waals surface area contributed by atoms with Gasteiger partial charge >= 0.3 is 0 Å². The second kappa shape index (κ2) is 3.97. The maximum atomic E-state index is 5.28. The van der Waals surface area contributed by atoms with Crippen LogP contribution >= 0.6 is 0 Å². The first-order valence-electron chi connectivity index (χ1n) is 5.73. The van der Waals surface area contributed by atoms with Gasteiger partial charge in [-0.3, -0.25) is 0 Å². The number of hydrogen-bond acceptors (Lipinski definition) is 2. The van der Waals surface area contributed by atoms with Crippen molar-refractivity contribution >= 4 is 0 Å². The van der Waals surface area contributed by atoms with Crippen LogP contribution in [0.5, 0.6) is 0 Å². The molecule has 0 bridgehead atoms. The number of imidazole rings is 1. The van der Waals surface area contributed by atoms with Gasteiger partial charge in [0, 0.05) is 18.7 Å². The van der Waals surface area contributed by atoms with Crippen LogP contribution < -0.4 is 0 Å². The lowest BCUT2D eigenvalue weighted by Crippen LogP contribution is -2.14. The molecule has 1 aromatic rings. The Morgan fingerprint density at radius 3 is 2.87 bits per heavy atom. The molecule has 1 aliphatic rings. The molecule has 3 heteroatoms. The van der Waals surface area contributed by atoms with Crippen LogP contribution in [0.25, 0.3) is 0 Å². The van der Waals surface area contributed by atoms with Crippen molar-refractivity contribution in [3.8, 4) is 0 Å². The van der Waals surface area contributed by atoms with E-state index in [0.29, 0.717) is 5.92 Å². The molecule has 0 radical (unpaired) electrons. The van der Waals surface area contributed by atoms with Crippen LogP contribution in [-0.2, 0) is 11.2 Å². The van der Waals surface area contributed by atoms with E-state index in [1.807, 2.05) is 6.92 Å². The molecule has 3 nitrogen and oxygen atoms in total. The van der Waals surface area contributed by atoms with Crippen LogP contribution in [0, 0.1) is 5.92 Å². The number of aromatic nitrogens is 2. The summed E-state index contributed by atoms with van der Waals surface area (Å²) in [5, 5.41) is 0. The van der Waals surface area contributed by atoms with Crippen molar-refractivity contribution in [2.45, 2.75) is 45.6 Å². The Morgan fingerprint density at radius 1 is 1.47 bits per heavy atom. The third-order valence-electron chi connectivity index (χ3n) is 3.34. The van der Waals surface area contributed by atoms with E-state index in [9.17, 15) is 0 Å². The minimum absolute atomic E-state index is 0.0677. The second-order valence-electron chi connectivity index (χ2n) is 4.81. The summed E-state index contributed by atoms with van der Waals surface area (Å²) < 4.78 is 5.28. The summed E-state index contributed by atoms with van der Waals surface area (Å²) in [6.45, 7) is 6.59. The number of nitrogens with zero attached hydrogens (tertiary/aromatic N) is 1. The van der Waals surface area contributed by atoms with Crippen molar-refractivity contribution in [2.24, 2.45) is 5.92 Å². The van der Waals surface area contributed by atoms with Crippen molar-refractivity contribution in [3.05, 3.63) is 17.2 Å². The third kappa shape index (κ3) is 1.93. The first kappa shape index (κ1) is 10.7. The average molecular weight is 208 g/mol. The fourth-order valence-electron chi connectivity index (χ4n) is 2.46. The number of methoxy groups -OCH3 is 1. The molecule has 1 aliphatic carbocycles. The maximum Gasteiger partial charge on any atom is 0.135 e. The minimum atomic E-state index is 0.0677. The summed E-state index contributed by atoms with van der Waals surface area (Å²) in [5.41, 5.74) is 2.58. The lowest BCUT2D eigenvalue weighted by atomic mass is 9.84. The molecule has 0 aliphatic heterocycles. The molecule has 15 heavy (non-hydrogen) atoms. The highest BCUT2D eigenvalue weighted by Crippen LogP contribution is 2.33. The second-order valence-corrected chi connectivity index (χ2v) is 4.81. The van der Waals surface area contributed by atoms with Crippen molar-refractivity contribution in [1.82, 2.24) is 9.97 Å². The highest BCUT2D eigenvalue weighted by molar-refractivity contribution is 5.23. The Bertz CT molecular complexity index is 345. The van der Waals surface area contributed by atoms with Gasteiger partial charge in [0.15, 0.2) is 0 Å². The first-order chi connectivity index (χ1) is 7.11. The van der Waals surface area contributed by atoms with Gasteiger partial charge in [-0.1, -0.05) is 13.8 Å². The molecular weight excluding hydrogens is 188 g/mol. The zero-order valence-electron chi connectivity index (χ0n) is 10.0. The van der Waals surface area contributed by atoms with Crippen LogP contribution in [0.2, 0.25) is 0 Å². The maximum absolute atomic E-state index is 5.28. The lowest BCUT2D eigenvalue weighted by Gasteiger charge is -2.22. The van der Waals surface area contributed by atoms with Crippen LogP contribution in [0.15, 0.2) is 0 Å². The monoisotopic (exact) mass is 208 g/mol. The zero-order chi connectivity index (χ0) is 11.0. The average Bonchev–Trinajstić information content (AvgIpc) is 2.60. The highest BCUT2D eigenvalue weighted by Gasteiger charge is 2.26. The van der Waals surface area contributed by atoms with Gasteiger partial charge in [-0.25, -0.2) is 4.98 Å². The predicted octanol–water partition coefficient (Wildman–Crippen LogP) is 2.80. The van der Waals surface area contributed by atoms with Crippen molar-refractivity contribution in [3.63, 3.8) is 0 Å². The number of rotatable bonds is 2. The zero-order valence-corrected chi connectivity index (χ0v) is 10.0. The molecule has 0 aromatic carbocycles. The summed E-state index contributed by atoms with van der Waals surface area (Å²) >= 11 is 0. The highest BCUT2D eigenvalue weighted by atomic mass is 16.5. The molecule has 3 unspecified atom stereocenters. The van der Waals surface area contributed by atoms with Gasteiger partial charge in [-0.2, -0.15) is 0 Å². The van der Waals surface area contributed by atoms with Gasteiger partial charge in [-0.05, 0) is 25.7 Å². The van der Waals surface area contributed by atoms with Gasteiger partial charge < -0.3 is 9.72 Å². The van der Waals surface area contributed by atoms with Crippen LogP contribution in [0.1, 0.15) is 56.4 Å². The largest absolute Gasteiger partial charge is 0.374 e. The summed E-state index contributed by atoms with van der Waals surface area (Å²) in [5.74, 6) is 2.32. The van der Waals surface area contributed by atoms with Crippen molar-refractivity contribution in [2.75, 3.05) is 7.11 Å². The van der Waals surface area contributed by atoms with Gasteiger partial charge in [-0.15, -0.1) is 0 Å². The molecule has 1 N–H and O–H groups in total. The summed E-state index contributed by atoms with van der Waals surface area (Å²) in [7, 11) is 1.72. The fourth-order valence-corrected chi connectivity index (χ4v) is 2.46. The number of ether oxygens (including phenoxy) is 1. The Kier molecular flexibility index (Phi) is 2.83. The number of fused-ring (bicyclic) bond motifs is 1. The Hall–Kier alpha value is -0.830. The van der Waals surface area contributed by atoms with Gasteiger partial charge in [0.1, 0.15) is 11.9 Å². The van der Waals surface area contributed by atoms with E-state index in [2.05, 4.69) is 23.8 Å². The standard InChI is InChI=1S/C12H20N2O/c1-7-5-8(2)11-10(6-7)13-12(14-11)9(3)15-4/h7-9H,5-6H2,1-4H3,(H,13,14). The smallest absolute Gasteiger partial charge is 0.135 e. The molecule has 1 heterocycles. The van der Waals surface area contributed by atoms with Gasteiger partial charge in [0.05, 0.1) is 5.69 Å². The summed E-state index contributed by atoms with van der Waals surface area (Å²) in [6.07, 6.45) is 2.44. The van der Waals surface area contributed by atoms with E-state index in [4.69, 9.17) is 4.74 Å². The predicted molar refractivity (Wildman–Crippen MR) is 59.9 cm³/mol. The Balaban J connectivity index is 2.30. The SMILES string of the molecule is COC(C)c1nc2c([nH]1)CC(C)CC2C. The molecule has 2 rings (SSSR count). The molecule has 0 saturated carbocycles. The van der Waals surface area contributed by atoms with E-state index in [1.54, 1.807) is 7.11 Å². The van der Waals surface area contributed by atoms with Crippen LogP contribution in [0.4, 0.5) is 0 Å². The van der Waals surface area contributed by atoms with Crippen molar-refractivity contribution in [1.29, 1.82) is 0 Å². The number of hydrogen-bond donors (Lipinski definition) is 1. The van der Waals surface area contributed by atoms with Crippen LogP contribution in [-0.4, -0.2) is 17.1 Å². The third-order valence-corrected chi connectivity index (χ3v) is 3.34. The Labute approximate surface area is 91.3 Å². The van der Waals surface area contributed by atoms with Gasteiger partial charge in [0.25, 0.3) is 0 Å². The lowest BCUT2D eigenvalue weighted by molar-refractivity contribution is 0.112. The van der Waals surface area contributed by atoms with Crippen molar-refractivity contribution < 1.29 is 4.74 Å². The molecule has 0 fully saturated rings. The van der Waals surface area contributed by atoms with E-state index in [-0.39, 0.29) is 6.10 Å². The first-order valence-corrected chi connectivity index (χ1v) is 5.73. The van der Waals surface area contributed by atoms with E-state index >= 15 is 0 Å². The van der Waals surface area contributed by atoms with E-state index < -0.39 is 0 Å². The molecule has 1 aromatic heterocycles. The molecular formula is C12H20N2O. The normalized spacial score (nSPS) is 27.5. The molecule has 0 spiro atoms. The number of aromatic amines is 1.